The molecule has 0 aromatic rings. The number of hydrogen-bond donors (Lipinski definition) is 0. The Labute approximate surface area is 114 Å². The Morgan fingerprint density at radius 2 is 1.78 bits per heavy atom. The topological polar surface area (TPSA) is 18.5 Å². The van der Waals surface area contributed by atoms with E-state index in [0.29, 0.717) is 0 Å². The first kappa shape index (κ1) is 14.3. The Morgan fingerprint density at radius 1 is 1.00 bits per heavy atom. The first-order valence-electron chi connectivity index (χ1n) is 7.69. The van der Waals surface area contributed by atoms with Gasteiger partial charge >= 0.3 is 9.28 Å². The standard InChI is InChI=1S/C15H27O2Si/c1-2-16-18(15-11-4-3-5-12-15)17-13-7-10-14-8-6-9-14/h7,10,14-15H,2-6,8-9,11-13H2,1H3. The van der Waals surface area contributed by atoms with Crippen molar-refractivity contribution in [1.82, 2.24) is 0 Å². The maximum absolute atomic E-state index is 6.03. The van der Waals surface area contributed by atoms with E-state index in [1.165, 1.54) is 51.4 Å². The van der Waals surface area contributed by atoms with Crippen LogP contribution in [0.15, 0.2) is 12.2 Å². The molecule has 2 nitrogen and oxygen atoms in total. The molecule has 2 rings (SSSR count). The van der Waals surface area contributed by atoms with Gasteiger partial charge in [-0.1, -0.05) is 37.8 Å². The van der Waals surface area contributed by atoms with Crippen LogP contribution in [-0.4, -0.2) is 22.5 Å². The van der Waals surface area contributed by atoms with Crippen molar-refractivity contribution < 1.29 is 8.85 Å². The van der Waals surface area contributed by atoms with Crippen LogP contribution in [0.4, 0.5) is 0 Å². The van der Waals surface area contributed by atoms with Crippen LogP contribution in [-0.2, 0) is 8.85 Å². The van der Waals surface area contributed by atoms with Crippen molar-refractivity contribution in [3.8, 4) is 0 Å². The van der Waals surface area contributed by atoms with Gasteiger partial charge in [-0.2, -0.15) is 0 Å². The maximum Gasteiger partial charge on any atom is 0.388 e. The third-order valence-corrected chi connectivity index (χ3v) is 6.37. The van der Waals surface area contributed by atoms with Gasteiger partial charge in [-0.05, 0) is 38.5 Å². The Morgan fingerprint density at radius 3 is 2.39 bits per heavy atom. The molecule has 1 radical (unpaired) electrons. The Bertz CT molecular complexity index is 245. The molecule has 0 atom stereocenters. The molecule has 0 N–H and O–H groups in total. The zero-order valence-electron chi connectivity index (χ0n) is 11.7. The van der Waals surface area contributed by atoms with E-state index in [-0.39, 0.29) is 0 Å². The maximum atomic E-state index is 6.03. The molecule has 0 aromatic heterocycles. The zero-order valence-corrected chi connectivity index (χ0v) is 12.7. The number of rotatable bonds is 7. The molecule has 0 heterocycles. The van der Waals surface area contributed by atoms with E-state index in [1.54, 1.807) is 0 Å². The van der Waals surface area contributed by atoms with Gasteiger partial charge in [-0.3, -0.25) is 0 Å². The third kappa shape index (κ3) is 4.52. The van der Waals surface area contributed by atoms with Crippen LogP contribution in [0.1, 0.15) is 58.3 Å². The second kappa shape index (κ2) is 8.13. The highest BCUT2D eigenvalue weighted by Crippen LogP contribution is 2.32. The van der Waals surface area contributed by atoms with E-state index in [0.717, 1.165) is 24.7 Å². The molecule has 2 saturated carbocycles. The lowest BCUT2D eigenvalue weighted by molar-refractivity contribution is 0.203. The fraction of sp³-hybridized carbons (Fsp3) is 0.867. The zero-order chi connectivity index (χ0) is 12.6. The monoisotopic (exact) mass is 267 g/mol. The third-order valence-electron chi connectivity index (χ3n) is 4.10. The molecule has 2 fully saturated rings. The number of allylic oxidation sites excluding steroid dienone is 1. The molecule has 18 heavy (non-hydrogen) atoms. The van der Waals surface area contributed by atoms with Gasteiger partial charge < -0.3 is 8.85 Å². The molecule has 0 spiro atoms. The van der Waals surface area contributed by atoms with E-state index in [4.69, 9.17) is 8.85 Å². The minimum absolute atomic E-state index is 0.723. The molecular formula is C15H27O2Si. The molecular weight excluding hydrogens is 240 g/mol. The molecule has 0 amide bonds. The van der Waals surface area contributed by atoms with Crippen LogP contribution in [0.5, 0.6) is 0 Å². The summed E-state index contributed by atoms with van der Waals surface area (Å²) in [5.74, 6) is 0.839. The summed E-state index contributed by atoms with van der Waals surface area (Å²) in [5.41, 5.74) is 0.723. The Balaban J connectivity index is 1.68. The van der Waals surface area contributed by atoms with E-state index >= 15 is 0 Å². The van der Waals surface area contributed by atoms with Crippen molar-refractivity contribution in [3.63, 3.8) is 0 Å². The van der Waals surface area contributed by atoms with Crippen LogP contribution < -0.4 is 0 Å². The summed E-state index contributed by atoms with van der Waals surface area (Å²) in [6.45, 7) is 3.65. The van der Waals surface area contributed by atoms with Crippen LogP contribution >= 0.6 is 0 Å². The Kier molecular flexibility index (Phi) is 6.45. The number of hydrogen-bond acceptors (Lipinski definition) is 2. The van der Waals surface area contributed by atoms with E-state index < -0.39 is 9.28 Å². The van der Waals surface area contributed by atoms with Crippen molar-refractivity contribution in [3.05, 3.63) is 12.2 Å². The fourth-order valence-corrected chi connectivity index (χ4v) is 4.75. The molecule has 0 unspecified atom stereocenters. The molecule has 0 bridgehead atoms. The van der Waals surface area contributed by atoms with E-state index in [2.05, 4.69) is 19.1 Å². The largest absolute Gasteiger partial charge is 0.393 e. The molecule has 0 saturated heterocycles. The first-order chi connectivity index (χ1) is 8.90. The quantitative estimate of drug-likeness (QED) is 0.508. The smallest absolute Gasteiger partial charge is 0.388 e. The van der Waals surface area contributed by atoms with Gasteiger partial charge in [0.15, 0.2) is 0 Å². The van der Waals surface area contributed by atoms with E-state index in [1.807, 2.05) is 0 Å². The summed E-state index contributed by atoms with van der Waals surface area (Å²) in [7, 11) is -1.03. The molecule has 103 valence electrons. The lowest BCUT2D eigenvalue weighted by atomic mass is 9.85. The first-order valence-corrected chi connectivity index (χ1v) is 9.08. The van der Waals surface area contributed by atoms with Crippen LogP contribution in [0.25, 0.3) is 0 Å². The molecule has 0 aliphatic heterocycles. The predicted molar refractivity (Wildman–Crippen MR) is 76.6 cm³/mol. The highest BCUT2D eigenvalue weighted by Gasteiger charge is 2.29. The van der Waals surface area contributed by atoms with Gasteiger partial charge in [0.25, 0.3) is 0 Å². The van der Waals surface area contributed by atoms with E-state index in [9.17, 15) is 0 Å². The average Bonchev–Trinajstić information content (AvgIpc) is 2.36. The lowest BCUT2D eigenvalue weighted by Gasteiger charge is -2.26. The van der Waals surface area contributed by atoms with Gasteiger partial charge in [0.05, 0.1) is 6.61 Å². The normalized spacial score (nSPS) is 22.8. The van der Waals surface area contributed by atoms with Gasteiger partial charge in [-0.25, -0.2) is 0 Å². The highest BCUT2D eigenvalue weighted by molar-refractivity contribution is 6.46. The summed E-state index contributed by atoms with van der Waals surface area (Å²) in [6, 6.07) is 0. The van der Waals surface area contributed by atoms with Crippen molar-refractivity contribution in [2.75, 3.05) is 13.2 Å². The van der Waals surface area contributed by atoms with Gasteiger partial charge in [0.2, 0.25) is 0 Å². The lowest BCUT2D eigenvalue weighted by Crippen LogP contribution is -2.30. The minimum atomic E-state index is -1.03. The molecule has 3 heteroatoms. The fourth-order valence-electron chi connectivity index (χ4n) is 2.77. The van der Waals surface area contributed by atoms with Crippen molar-refractivity contribution in [2.24, 2.45) is 5.92 Å². The summed E-state index contributed by atoms with van der Waals surface area (Å²) in [5, 5.41) is 0. The van der Waals surface area contributed by atoms with Crippen LogP contribution in [0.2, 0.25) is 5.54 Å². The van der Waals surface area contributed by atoms with Crippen molar-refractivity contribution in [2.45, 2.75) is 63.8 Å². The van der Waals surface area contributed by atoms with Crippen LogP contribution in [0, 0.1) is 5.92 Å². The summed E-state index contributed by atoms with van der Waals surface area (Å²) < 4.78 is 11.9. The van der Waals surface area contributed by atoms with Gasteiger partial charge in [-0.15, -0.1) is 0 Å². The molecule has 0 aromatic carbocycles. The summed E-state index contributed by atoms with van der Waals surface area (Å²) >= 11 is 0. The highest BCUT2D eigenvalue weighted by atomic mass is 28.3. The van der Waals surface area contributed by atoms with Crippen molar-refractivity contribution >= 4 is 9.28 Å². The predicted octanol–water partition coefficient (Wildman–Crippen LogP) is 4.22. The Hall–Kier alpha value is -0.123. The SMILES string of the molecule is CCO[Si](OCC=CC1CCC1)C1CCCCC1. The summed E-state index contributed by atoms with van der Waals surface area (Å²) in [6.07, 6.45) is 15.5. The average molecular weight is 267 g/mol. The minimum Gasteiger partial charge on any atom is -0.393 e. The molecule has 2 aliphatic rings. The second-order valence-corrected chi connectivity index (χ2v) is 7.55. The molecule has 2 aliphatic carbocycles. The second-order valence-electron chi connectivity index (χ2n) is 5.52. The summed E-state index contributed by atoms with van der Waals surface area (Å²) in [4.78, 5) is 0. The van der Waals surface area contributed by atoms with Gasteiger partial charge in [0.1, 0.15) is 0 Å². The van der Waals surface area contributed by atoms with Crippen molar-refractivity contribution in [1.29, 1.82) is 0 Å². The van der Waals surface area contributed by atoms with Gasteiger partial charge in [0, 0.05) is 12.1 Å². The van der Waals surface area contributed by atoms with Crippen LogP contribution in [0.3, 0.4) is 0 Å².